The quantitative estimate of drug-likeness (QED) is 0.820. The molecule has 1 fully saturated rings. The molecule has 1 heterocycles. The molecule has 2 rings (SSSR count). The Kier molecular flexibility index (Phi) is 4.89. The molecule has 1 aromatic heterocycles. The summed E-state index contributed by atoms with van der Waals surface area (Å²) in [5.74, 6) is 1.09. The number of pyridine rings is 1. The van der Waals surface area contributed by atoms with Gasteiger partial charge in [-0.3, -0.25) is 4.79 Å². The molecule has 0 spiro atoms. The van der Waals surface area contributed by atoms with Gasteiger partial charge in [0.1, 0.15) is 0 Å². The van der Waals surface area contributed by atoms with Gasteiger partial charge < -0.3 is 10.1 Å². The zero-order valence-electron chi connectivity index (χ0n) is 14.1. The molecular formula is C18H26N2O2. The van der Waals surface area contributed by atoms with Gasteiger partial charge in [0.2, 0.25) is 11.8 Å². The molecule has 4 nitrogen and oxygen atoms in total. The minimum atomic E-state index is 0.0407. The van der Waals surface area contributed by atoms with E-state index in [1.807, 2.05) is 19.1 Å². The second-order valence-electron chi connectivity index (χ2n) is 6.69. The molecule has 0 bridgehead atoms. The van der Waals surface area contributed by atoms with Gasteiger partial charge >= 0.3 is 0 Å². The van der Waals surface area contributed by atoms with Crippen molar-refractivity contribution in [3.05, 3.63) is 35.5 Å². The van der Waals surface area contributed by atoms with Gasteiger partial charge in [0.05, 0.1) is 12.5 Å². The van der Waals surface area contributed by atoms with E-state index in [9.17, 15) is 4.79 Å². The van der Waals surface area contributed by atoms with Crippen LogP contribution in [0, 0.1) is 17.3 Å². The summed E-state index contributed by atoms with van der Waals surface area (Å²) >= 11 is 0. The molecule has 120 valence electrons. The number of rotatable bonds is 6. The molecular weight excluding hydrogens is 276 g/mol. The first-order chi connectivity index (χ1) is 10.4. The van der Waals surface area contributed by atoms with Crippen LogP contribution in [0.5, 0.6) is 5.88 Å². The molecule has 1 aliphatic rings. The summed E-state index contributed by atoms with van der Waals surface area (Å²) in [7, 11) is 0. The number of allylic oxidation sites excluding steroid dienone is 2. The molecule has 0 radical (unpaired) electrons. The average Bonchev–Trinajstić information content (AvgIpc) is 2.98. The normalized spacial score (nSPS) is 21.9. The van der Waals surface area contributed by atoms with Crippen molar-refractivity contribution >= 4 is 5.91 Å². The van der Waals surface area contributed by atoms with E-state index in [-0.39, 0.29) is 17.2 Å². The molecule has 22 heavy (non-hydrogen) atoms. The van der Waals surface area contributed by atoms with Gasteiger partial charge in [-0.15, -0.1) is 0 Å². The van der Waals surface area contributed by atoms with Crippen molar-refractivity contribution in [2.24, 2.45) is 17.3 Å². The number of hydrogen-bond donors (Lipinski definition) is 1. The maximum atomic E-state index is 12.5. The molecule has 0 aliphatic heterocycles. The Bertz CT molecular complexity index is 574. The van der Waals surface area contributed by atoms with Crippen LogP contribution in [0.25, 0.3) is 0 Å². The molecule has 0 aromatic carbocycles. The van der Waals surface area contributed by atoms with Crippen molar-refractivity contribution in [1.82, 2.24) is 10.3 Å². The lowest BCUT2D eigenvalue weighted by atomic mass is 10.1. The maximum Gasteiger partial charge on any atom is 0.224 e. The lowest BCUT2D eigenvalue weighted by Crippen LogP contribution is -2.26. The molecule has 2 unspecified atom stereocenters. The Morgan fingerprint density at radius 3 is 2.82 bits per heavy atom. The predicted molar refractivity (Wildman–Crippen MR) is 87.4 cm³/mol. The number of nitrogens with zero attached hydrogens (tertiary/aromatic N) is 1. The molecule has 4 heteroatoms. The first-order valence-electron chi connectivity index (χ1n) is 7.87. The summed E-state index contributed by atoms with van der Waals surface area (Å²) in [6.45, 7) is 11.4. The van der Waals surface area contributed by atoms with Crippen LogP contribution in [-0.2, 0) is 11.3 Å². The zero-order chi connectivity index (χ0) is 16.3. The number of hydrogen-bond acceptors (Lipinski definition) is 3. The number of amides is 1. The van der Waals surface area contributed by atoms with E-state index < -0.39 is 0 Å². The van der Waals surface area contributed by atoms with E-state index in [2.05, 4.69) is 44.1 Å². The fourth-order valence-electron chi connectivity index (χ4n) is 2.97. The van der Waals surface area contributed by atoms with Gasteiger partial charge in [-0.05, 0) is 38.2 Å². The summed E-state index contributed by atoms with van der Waals surface area (Å²) in [5.41, 5.74) is 2.22. The van der Waals surface area contributed by atoms with E-state index in [1.54, 1.807) is 6.20 Å². The second kappa shape index (κ2) is 6.51. The maximum absolute atomic E-state index is 12.5. The first-order valence-corrected chi connectivity index (χ1v) is 7.87. The molecule has 0 saturated heterocycles. The van der Waals surface area contributed by atoms with Gasteiger partial charge in [0, 0.05) is 18.3 Å². The van der Waals surface area contributed by atoms with E-state index in [0.717, 1.165) is 5.56 Å². The van der Waals surface area contributed by atoms with E-state index in [1.165, 1.54) is 5.57 Å². The molecule has 1 saturated carbocycles. The Morgan fingerprint density at radius 1 is 1.45 bits per heavy atom. The molecule has 1 amide bonds. The third-order valence-corrected chi connectivity index (χ3v) is 4.29. The highest BCUT2D eigenvalue weighted by molar-refractivity contribution is 5.83. The fraction of sp³-hybridized carbons (Fsp3) is 0.556. The van der Waals surface area contributed by atoms with Crippen LogP contribution in [0.2, 0.25) is 0 Å². The third kappa shape index (κ3) is 3.49. The predicted octanol–water partition coefficient (Wildman–Crippen LogP) is 3.33. The van der Waals surface area contributed by atoms with Gasteiger partial charge in [-0.25, -0.2) is 4.98 Å². The number of ether oxygens (including phenoxy) is 1. The van der Waals surface area contributed by atoms with Gasteiger partial charge in [-0.1, -0.05) is 31.6 Å². The van der Waals surface area contributed by atoms with E-state index in [0.29, 0.717) is 24.9 Å². The number of nitrogens with one attached hydrogen (secondary N) is 1. The zero-order valence-corrected chi connectivity index (χ0v) is 14.1. The first kappa shape index (κ1) is 16.5. The van der Waals surface area contributed by atoms with Crippen LogP contribution in [-0.4, -0.2) is 17.5 Å². The summed E-state index contributed by atoms with van der Waals surface area (Å²) in [5, 5.41) is 3.03. The van der Waals surface area contributed by atoms with Gasteiger partial charge in [-0.2, -0.15) is 0 Å². The van der Waals surface area contributed by atoms with Crippen molar-refractivity contribution in [2.75, 3.05) is 6.61 Å². The topological polar surface area (TPSA) is 51.2 Å². The Hall–Kier alpha value is -1.84. The largest absolute Gasteiger partial charge is 0.478 e. The van der Waals surface area contributed by atoms with Crippen LogP contribution < -0.4 is 10.1 Å². The van der Waals surface area contributed by atoms with Crippen LogP contribution in [0.4, 0.5) is 0 Å². The van der Waals surface area contributed by atoms with Crippen molar-refractivity contribution in [3.63, 3.8) is 0 Å². The average molecular weight is 302 g/mol. The molecule has 1 aromatic rings. The SMILES string of the molecule is CCOc1ncccc1CNC(=O)C1C(C=C(C)C)C1(C)C. The van der Waals surface area contributed by atoms with Crippen molar-refractivity contribution in [3.8, 4) is 5.88 Å². The summed E-state index contributed by atoms with van der Waals surface area (Å²) in [6, 6.07) is 3.79. The number of carbonyl (C=O) groups excluding carboxylic acids is 1. The highest BCUT2D eigenvalue weighted by atomic mass is 16.5. The lowest BCUT2D eigenvalue weighted by Gasteiger charge is -2.10. The Labute approximate surface area is 133 Å². The van der Waals surface area contributed by atoms with Gasteiger partial charge in [0.25, 0.3) is 0 Å². The minimum Gasteiger partial charge on any atom is -0.478 e. The standard InChI is InChI=1S/C18H26N2O2/c1-6-22-17-13(8-7-9-19-17)11-20-16(21)15-14(10-12(2)3)18(15,4)5/h7-10,14-15H,6,11H2,1-5H3,(H,20,21). The lowest BCUT2D eigenvalue weighted by molar-refractivity contribution is -0.123. The highest BCUT2D eigenvalue weighted by Crippen LogP contribution is 2.59. The summed E-state index contributed by atoms with van der Waals surface area (Å²) < 4.78 is 5.49. The molecule has 1 aliphatic carbocycles. The van der Waals surface area contributed by atoms with Crippen LogP contribution in [0.3, 0.4) is 0 Å². The molecule has 1 N–H and O–H groups in total. The monoisotopic (exact) mass is 302 g/mol. The number of carbonyl (C=O) groups is 1. The molecule has 2 atom stereocenters. The van der Waals surface area contributed by atoms with Crippen LogP contribution in [0.15, 0.2) is 30.0 Å². The van der Waals surface area contributed by atoms with Crippen molar-refractivity contribution in [1.29, 1.82) is 0 Å². The van der Waals surface area contributed by atoms with Crippen LogP contribution in [0.1, 0.15) is 40.2 Å². The Morgan fingerprint density at radius 2 is 2.18 bits per heavy atom. The van der Waals surface area contributed by atoms with Crippen molar-refractivity contribution < 1.29 is 9.53 Å². The second-order valence-corrected chi connectivity index (χ2v) is 6.69. The minimum absolute atomic E-state index is 0.0407. The summed E-state index contributed by atoms with van der Waals surface area (Å²) in [4.78, 5) is 16.7. The smallest absolute Gasteiger partial charge is 0.224 e. The van der Waals surface area contributed by atoms with E-state index in [4.69, 9.17) is 4.74 Å². The third-order valence-electron chi connectivity index (χ3n) is 4.29. The number of aromatic nitrogens is 1. The van der Waals surface area contributed by atoms with Gasteiger partial charge in [0.15, 0.2) is 0 Å². The summed E-state index contributed by atoms with van der Waals surface area (Å²) in [6.07, 6.45) is 3.91. The highest BCUT2D eigenvalue weighted by Gasteiger charge is 2.60. The van der Waals surface area contributed by atoms with E-state index >= 15 is 0 Å². The van der Waals surface area contributed by atoms with Crippen LogP contribution >= 0.6 is 0 Å². The van der Waals surface area contributed by atoms with Crippen molar-refractivity contribution in [2.45, 2.75) is 41.2 Å². The Balaban J connectivity index is 1.98. The fourth-order valence-corrected chi connectivity index (χ4v) is 2.97.